The zero-order valence-corrected chi connectivity index (χ0v) is 10.6. The molecule has 1 atom stereocenters. The van der Waals surface area contributed by atoms with Crippen molar-refractivity contribution in [2.75, 3.05) is 32.7 Å². The molecule has 1 aromatic rings. The molecule has 1 aromatic heterocycles. The van der Waals surface area contributed by atoms with Crippen LogP contribution >= 0.6 is 0 Å². The Morgan fingerprint density at radius 1 is 1.39 bits per heavy atom. The van der Waals surface area contributed by atoms with E-state index in [0.29, 0.717) is 18.4 Å². The van der Waals surface area contributed by atoms with E-state index in [1.165, 1.54) is 18.5 Å². The maximum atomic E-state index is 12.1. The van der Waals surface area contributed by atoms with Gasteiger partial charge in [0.15, 0.2) is 0 Å². The third-order valence-electron chi connectivity index (χ3n) is 4.05. The van der Waals surface area contributed by atoms with Gasteiger partial charge in [-0.1, -0.05) is 0 Å². The highest BCUT2D eigenvalue weighted by atomic mass is 16.2. The number of aromatic amines is 1. The lowest BCUT2D eigenvalue weighted by molar-refractivity contribution is -0.131. The number of hydrogen-bond donors (Lipinski definition) is 1. The quantitative estimate of drug-likeness (QED) is 0.861. The Balaban J connectivity index is 1.51. The van der Waals surface area contributed by atoms with E-state index in [-0.39, 0.29) is 0 Å². The van der Waals surface area contributed by atoms with Crippen LogP contribution in [0.25, 0.3) is 0 Å². The van der Waals surface area contributed by atoms with Gasteiger partial charge in [0.05, 0.1) is 6.54 Å². The van der Waals surface area contributed by atoms with Crippen LogP contribution in [0.15, 0.2) is 12.3 Å². The molecule has 0 aromatic carbocycles. The number of nitrogens with one attached hydrogen (secondary N) is 1. The molecule has 1 amide bonds. The van der Waals surface area contributed by atoms with Crippen LogP contribution in [0, 0.1) is 0 Å². The Labute approximate surface area is 107 Å². The molecule has 3 heterocycles. The van der Waals surface area contributed by atoms with E-state index in [9.17, 15) is 4.79 Å². The standard InChI is InChI=1S/C13H20N4O/c18-13(17-6-1-2-7-17)10-16-8-4-11(9-16)12-3-5-14-15-12/h3,5,11H,1-2,4,6-10H2,(H,14,15). The molecule has 0 saturated carbocycles. The van der Waals surface area contributed by atoms with Crippen molar-refractivity contribution in [2.45, 2.75) is 25.2 Å². The first-order chi connectivity index (χ1) is 8.83. The third kappa shape index (κ3) is 2.41. The summed E-state index contributed by atoms with van der Waals surface area (Å²) in [5, 5.41) is 7.03. The number of aromatic nitrogens is 2. The van der Waals surface area contributed by atoms with Gasteiger partial charge in [-0.2, -0.15) is 5.10 Å². The second-order valence-corrected chi connectivity index (χ2v) is 5.32. The van der Waals surface area contributed by atoms with E-state index < -0.39 is 0 Å². The van der Waals surface area contributed by atoms with Crippen molar-refractivity contribution >= 4 is 5.91 Å². The van der Waals surface area contributed by atoms with Crippen LogP contribution in [0.5, 0.6) is 0 Å². The SMILES string of the molecule is O=C(CN1CCC(c2ccn[nH]2)C1)N1CCCC1. The van der Waals surface area contributed by atoms with Crippen molar-refractivity contribution < 1.29 is 4.79 Å². The first-order valence-corrected chi connectivity index (χ1v) is 6.82. The maximum Gasteiger partial charge on any atom is 0.236 e. The van der Waals surface area contributed by atoms with Gasteiger partial charge in [-0.3, -0.25) is 14.8 Å². The summed E-state index contributed by atoms with van der Waals surface area (Å²) in [5.74, 6) is 0.816. The summed E-state index contributed by atoms with van der Waals surface area (Å²) in [6, 6.07) is 2.04. The number of nitrogens with zero attached hydrogens (tertiary/aromatic N) is 3. The summed E-state index contributed by atoms with van der Waals surface area (Å²) >= 11 is 0. The van der Waals surface area contributed by atoms with E-state index in [2.05, 4.69) is 15.1 Å². The van der Waals surface area contributed by atoms with Crippen LogP contribution in [0.1, 0.15) is 30.9 Å². The fraction of sp³-hybridized carbons (Fsp3) is 0.692. The van der Waals surface area contributed by atoms with E-state index in [0.717, 1.165) is 32.6 Å². The van der Waals surface area contributed by atoms with Crippen LogP contribution in [0.3, 0.4) is 0 Å². The van der Waals surface area contributed by atoms with Gasteiger partial charge in [-0.05, 0) is 31.9 Å². The number of amides is 1. The molecule has 5 heteroatoms. The lowest BCUT2D eigenvalue weighted by Crippen LogP contribution is -2.37. The molecule has 5 nitrogen and oxygen atoms in total. The largest absolute Gasteiger partial charge is 0.342 e. The minimum atomic E-state index is 0.303. The normalized spacial score (nSPS) is 24.9. The topological polar surface area (TPSA) is 52.2 Å². The van der Waals surface area contributed by atoms with Crippen LogP contribution in [-0.4, -0.2) is 58.6 Å². The molecule has 3 rings (SSSR count). The summed E-state index contributed by atoms with van der Waals surface area (Å²) < 4.78 is 0. The zero-order chi connectivity index (χ0) is 12.4. The van der Waals surface area contributed by atoms with Gasteiger partial charge in [-0.15, -0.1) is 0 Å². The number of rotatable bonds is 3. The number of hydrogen-bond acceptors (Lipinski definition) is 3. The minimum absolute atomic E-state index is 0.303. The van der Waals surface area contributed by atoms with Crippen molar-refractivity contribution in [3.05, 3.63) is 18.0 Å². The van der Waals surface area contributed by atoms with E-state index in [1.807, 2.05) is 11.0 Å². The lowest BCUT2D eigenvalue weighted by atomic mass is 10.1. The number of likely N-dealkylation sites (tertiary alicyclic amines) is 2. The molecule has 0 aliphatic carbocycles. The average Bonchev–Trinajstić information content (AvgIpc) is 3.12. The van der Waals surface area contributed by atoms with Crippen molar-refractivity contribution in [3.8, 4) is 0 Å². The minimum Gasteiger partial charge on any atom is -0.342 e. The summed E-state index contributed by atoms with van der Waals surface area (Å²) in [6.07, 6.45) is 5.26. The highest BCUT2D eigenvalue weighted by molar-refractivity contribution is 5.78. The fourth-order valence-corrected chi connectivity index (χ4v) is 2.98. The lowest BCUT2D eigenvalue weighted by Gasteiger charge is -2.20. The van der Waals surface area contributed by atoms with Crippen molar-refractivity contribution in [1.82, 2.24) is 20.0 Å². The Kier molecular flexibility index (Phi) is 3.32. The predicted molar refractivity (Wildman–Crippen MR) is 68.2 cm³/mol. The Bertz CT molecular complexity index is 397. The highest BCUT2D eigenvalue weighted by Crippen LogP contribution is 2.25. The van der Waals surface area contributed by atoms with Gasteiger partial charge in [0.2, 0.25) is 5.91 Å². The Morgan fingerprint density at radius 3 is 2.94 bits per heavy atom. The van der Waals surface area contributed by atoms with E-state index in [1.54, 1.807) is 6.20 Å². The van der Waals surface area contributed by atoms with Crippen LogP contribution in [0.2, 0.25) is 0 Å². The van der Waals surface area contributed by atoms with Gasteiger partial charge < -0.3 is 4.90 Å². The Morgan fingerprint density at radius 2 is 2.22 bits per heavy atom. The van der Waals surface area contributed by atoms with Crippen LogP contribution in [0.4, 0.5) is 0 Å². The molecule has 2 fully saturated rings. The second kappa shape index (κ2) is 5.10. The second-order valence-electron chi connectivity index (χ2n) is 5.32. The first kappa shape index (κ1) is 11.7. The molecule has 1 N–H and O–H groups in total. The summed E-state index contributed by atoms with van der Waals surface area (Å²) in [5.41, 5.74) is 1.20. The highest BCUT2D eigenvalue weighted by Gasteiger charge is 2.28. The van der Waals surface area contributed by atoms with Gasteiger partial charge in [-0.25, -0.2) is 0 Å². The summed E-state index contributed by atoms with van der Waals surface area (Å²) in [4.78, 5) is 16.3. The average molecular weight is 248 g/mol. The first-order valence-electron chi connectivity index (χ1n) is 6.82. The van der Waals surface area contributed by atoms with Crippen molar-refractivity contribution in [3.63, 3.8) is 0 Å². The van der Waals surface area contributed by atoms with Gasteiger partial charge >= 0.3 is 0 Å². The molecule has 18 heavy (non-hydrogen) atoms. The monoisotopic (exact) mass is 248 g/mol. The molecule has 0 radical (unpaired) electrons. The molecular weight excluding hydrogens is 228 g/mol. The number of carbonyl (C=O) groups excluding carboxylic acids is 1. The number of H-pyrrole nitrogens is 1. The van der Waals surface area contributed by atoms with Gasteiger partial charge in [0.25, 0.3) is 0 Å². The van der Waals surface area contributed by atoms with Gasteiger partial charge in [0, 0.05) is 37.4 Å². The zero-order valence-electron chi connectivity index (χ0n) is 10.6. The summed E-state index contributed by atoms with van der Waals surface area (Å²) in [6.45, 7) is 4.49. The molecule has 2 aliphatic rings. The number of carbonyl (C=O) groups is 1. The van der Waals surface area contributed by atoms with Crippen LogP contribution < -0.4 is 0 Å². The summed E-state index contributed by atoms with van der Waals surface area (Å²) in [7, 11) is 0. The van der Waals surface area contributed by atoms with E-state index >= 15 is 0 Å². The van der Waals surface area contributed by atoms with Crippen molar-refractivity contribution in [1.29, 1.82) is 0 Å². The fourth-order valence-electron chi connectivity index (χ4n) is 2.98. The molecule has 0 spiro atoms. The van der Waals surface area contributed by atoms with Crippen LogP contribution in [-0.2, 0) is 4.79 Å². The van der Waals surface area contributed by atoms with Crippen molar-refractivity contribution in [2.24, 2.45) is 0 Å². The molecule has 0 bridgehead atoms. The molecule has 98 valence electrons. The maximum absolute atomic E-state index is 12.1. The third-order valence-corrected chi connectivity index (χ3v) is 4.05. The molecule has 1 unspecified atom stereocenters. The molecular formula is C13H20N4O. The molecule has 2 saturated heterocycles. The smallest absolute Gasteiger partial charge is 0.236 e. The van der Waals surface area contributed by atoms with E-state index in [4.69, 9.17) is 0 Å². The Hall–Kier alpha value is -1.36. The predicted octanol–water partition coefficient (Wildman–Crippen LogP) is 0.821. The molecule has 2 aliphatic heterocycles. The van der Waals surface area contributed by atoms with Gasteiger partial charge in [0.1, 0.15) is 0 Å².